The zero-order valence-corrected chi connectivity index (χ0v) is 10.2. The van der Waals surface area contributed by atoms with Gasteiger partial charge in [-0.1, -0.05) is 6.07 Å². The number of hydrogen-bond acceptors (Lipinski definition) is 2. The number of halogens is 3. The SMILES string of the molecule is NC(CNC(=O)c1cccc(C(F)(F)F)c1)C1CC1. The molecule has 19 heavy (non-hydrogen) atoms. The highest BCUT2D eigenvalue weighted by atomic mass is 19.4. The van der Waals surface area contributed by atoms with Gasteiger partial charge in [-0.25, -0.2) is 0 Å². The van der Waals surface area contributed by atoms with Crippen LogP contribution in [0.25, 0.3) is 0 Å². The number of hydrogen-bond donors (Lipinski definition) is 2. The van der Waals surface area contributed by atoms with Crippen molar-refractivity contribution >= 4 is 5.91 Å². The van der Waals surface area contributed by atoms with Crippen molar-refractivity contribution in [2.24, 2.45) is 11.7 Å². The minimum Gasteiger partial charge on any atom is -0.350 e. The van der Waals surface area contributed by atoms with Gasteiger partial charge in [-0.05, 0) is 37.0 Å². The summed E-state index contributed by atoms with van der Waals surface area (Å²) in [6, 6.07) is 4.24. The Labute approximate surface area is 109 Å². The summed E-state index contributed by atoms with van der Waals surface area (Å²) in [5.41, 5.74) is 4.98. The first-order valence-electron chi connectivity index (χ1n) is 6.09. The van der Waals surface area contributed by atoms with Gasteiger partial charge in [0.15, 0.2) is 0 Å². The fraction of sp³-hybridized carbons (Fsp3) is 0.462. The normalized spacial score (nSPS) is 17.1. The molecule has 1 aromatic carbocycles. The van der Waals surface area contributed by atoms with Gasteiger partial charge in [-0.3, -0.25) is 4.79 Å². The third-order valence-corrected chi connectivity index (χ3v) is 3.18. The Balaban J connectivity index is 1.98. The van der Waals surface area contributed by atoms with Gasteiger partial charge in [-0.15, -0.1) is 0 Å². The molecule has 3 nitrogen and oxygen atoms in total. The van der Waals surface area contributed by atoms with Crippen LogP contribution in [-0.4, -0.2) is 18.5 Å². The van der Waals surface area contributed by atoms with Crippen molar-refractivity contribution in [2.45, 2.75) is 25.1 Å². The number of rotatable bonds is 4. The van der Waals surface area contributed by atoms with E-state index in [9.17, 15) is 18.0 Å². The minimum absolute atomic E-state index is 0.00202. The molecule has 1 aliphatic carbocycles. The average molecular weight is 272 g/mol. The standard InChI is InChI=1S/C13H15F3N2O/c14-13(15,16)10-3-1-2-9(6-10)12(19)18-7-11(17)8-4-5-8/h1-3,6,8,11H,4-5,7,17H2,(H,18,19). The number of amides is 1. The lowest BCUT2D eigenvalue weighted by Crippen LogP contribution is -2.38. The smallest absolute Gasteiger partial charge is 0.350 e. The Hall–Kier alpha value is -1.56. The Morgan fingerprint density at radius 2 is 2.11 bits per heavy atom. The molecule has 2 rings (SSSR count). The molecular weight excluding hydrogens is 257 g/mol. The summed E-state index contributed by atoms with van der Waals surface area (Å²) in [5, 5.41) is 2.57. The van der Waals surface area contributed by atoms with Gasteiger partial charge in [0.05, 0.1) is 5.56 Å². The van der Waals surface area contributed by atoms with Gasteiger partial charge in [0.25, 0.3) is 5.91 Å². The van der Waals surface area contributed by atoms with E-state index < -0.39 is 17.6 Å². The summed E-state index contributed by atoms with van der Waals surface area (Å²) < 4.78 is 37.5. The van der Waals surface area contributed by atoms with E-state index in [-0.39, 0.29) is 11.6 Å². The van der Waals surface area contributed by atoms with E-state index in [1.54, 1.807) is 0 Å². The van der Waals surface area contributed by atoms with Crippen molar-refractivity contribution in [2.75, 3.05) is 6.54 Å². The largest absolute Gasteiger partial charge is 0.416 e. The lowest BCUT2D eigenvalue weighted by Gasteiger charge is -2.12. The zero-order valence-electron chi connectivity index (χ0n) is 10.2. The number of nitrogens with two attached hydrogens (primary N) is 1. The highest BCUT2D eigenvalue weighted by Crippen LogP contribution is 2.31. The Bertz CT molecular complexity index is 469. The van der Waals surface area contributed by atoms with Crippen molar-refractivity contribution in [1.29, 1.82) is 0 Å². The number of carbonyl (C=O) groups is 1. The van der Waals surface area contributed by atoms with E-state index in [0.29, 0.717) is 12.5 Å². The molecule has 1 aliphatic rings. The van der Waals surface area contributed by atoms with Crippen LogP contribution in [0.4, 0.5) is 13.2 Å². The third kappa shape index (κ3) is 3.70. The van der Waals surface area contributed by atoms with Crippen LogP contribution in [0.15, 0.2) is 24.3 Å². The van der Waals surface area contributed by atoms with Crippen molar-refractivity contribution in [3.63, 3.8) is 0 Å². The van der Waals surface area contributed by atoms with E-state index >= 15 is 0 Å². The van der Waals surface area contributed by atoms with Gasteiger partial charge in [0, 0.05) is 18.2 Å². The number of carbonyl (C=O) groups excluding carboxylic acids is 1. The van der Waals surface area contributed by atoms with Crippen LogP contribution in [0.1, 0.15) is 28.8 Å². The van der Waals surface area contributed by atoms with E-state index in [1.165, 1.54) is 12.1 Å². The second kappa shape index (κ2) is 5.21. The highest BCUT2D eigenvalue weighted by Gasteiger charge is 2.31. The fourth-order valence-corrected chi connectivity index (χ4v) is 1.84. The van der Waals surface area contributed by atoms with Crippen LogP contribution in [0.3, 0.4) is 0 Å². The monoisotopic (exact) mass is 272 g/mol. The van der Waals surface area contributed by atoms with Crippen molar-refractivity contribution in [3.8, 4) is 0 Å². The molecule has 1 unspecified atom stereocenters. The predicted molar refractivity (Wildman–Crippen MR) is 64.5 cm³/mol. The molecule has 0 aliphatic heterocycles. The molecule has 3 N–H and O–H groups in total. The molecule has 104 valence electrons. The molecule has 0 spiro atoms. The first-order chi connectivity index (χ1) is 8.88. The quantitative estimate of drug-likeness (QED) is 0.882. The molecular formula is C13H15F3N2O. The molecule has 1 atom stereocenters. The lowest BCUT2D eigenvalue weighted by atomic mass is 10.1. The van der Waals surface area contributed by atoms with Crippen LogP contribution >= 0.6 is 0 Å². The Morgan fingerprint density at radius 3 is 2.68 bits per heavy atom. The summed E-state index contributed by atoms with van der Waals surface area (Å²) in [6.45, 7) is 0.291. The van der Waals surface area contributed by atoms with E-state index in [4.69, 9.17) is 5.73 Å². The van der Waals surface area contributed by atoms with Gasteiger partial charge < -0.3 is 11.1 Å². The zero-order chi connectivity index (χ0) is 14.0. The summed E-state index contributed by atoms with van der Waals surface area (Å²) in [5.74, 6) is -0.0935. The molecule has 1 amide bonds. The van der Waals surface area contributed by atoms with Gasteiger partial charge in [0.2, 0.25) is 0 Å². The highest BCUT2D eigenvalue weighted by molar-refractivity contribution is 5.94. The Morgan fingerprint density at radius 1 is 1.42 bits per heavy atom. The van der Waals surface area contributed by atoms with Crippen LogP contribution in [-0.2, 0) is 6.18 Å². The Kier molecular flexibility index (Phi) is 3.80. The van der Waals surface area contributed by atoms with Crippen LogP contribution in [0.5, 0.6) is 0 Å². The number of nitrogens with one attached hydrogen (secondary N) is 1. The van der Waals surface area contributed by atoms with E-state index in [2.05, 4.69) is 5.32 Å². The molecule has 0 heterocycles. The van der Waals surface area contributed by atoms with Gasteiger partial charge >= 0.3 is 6.18 Å². The molecule has 0 bridgehead atoms. The maximum Gasteiger partial charge on any atom is 0.416 e. The fourth-order valence-electron chi connectivity index (χ4n) is 1.84. The molecule has 0 radical (unpaired) electrons. The third-order valence-electron chi connectivity index (χ3n) is 3.18. The van der Waals surface area contributed by atoms with Crippen molar-refractivity contribution in [3.05, 3.63) is 35.4 Å². The second-order valence-corrected chi connectivity index (χ2v) is 4.79. The summed E-state index contributed by atoms with van der Waals surface area (Å²) in [4.78, 5) is 11.7. The van der Waals surface area contributed by atoms with Crippen molar-refractivity contribution in [1.82, 2.24) is 5.32 Å². The number of benzene rings is 1. The van der Waals surface area contributed by atoms with Gasteiger partial charge in [0.1, 0.15) is 0 Å². The first-order valence-corrected chi connectivity index (χ1v) is 6.09. The van der Waals surface area contributed by atoms with Gasteiger partial charge in [-0.2, -0.15) is 13.2 Å². The predicted octanol–water partition coefficient (Wildman–Crippen LogP) is 2.17. The van der Waals surface area contributed by atoms with Crippen LogP contribution in [0, 0.1) is 5.92 Å². The number of alkyl halides is 3. The maximum absolute atomic E-state index is 12.5. The summed E-state index contributed by atoms with van der Waals surface area (Å²) >= 11 is 0. The average Bonchev–Trinajstić information content (AvgIpc) is 3.19. The molecule has 1 aromatic rings. The van der Waals surface area contributed by atoms with Crippen LogP contribution < -0.4 is 11.1 Å². The van der Waals surface area contributed by atoms with Crippen LogP contribution in [0.2, 0.25) is 0 Å². The minimum atomic E-state index is -4.44. The van der Waals surface area contributed by atoms with Crippen molar-refractivity contribution < 1.29 is 18.0 Å². The molecule has 1 saturated carbocycles. The van der Waals surface area contributed by atoms with E-state index in [1.807, 2.05) is 0 Å². The van der Waals surface area contributed by atoms with E-state index in [0.717, 1.165) is 25.0 Å². The lowest BCUT2D eigenvalue weighted by molar-refractivity contribution is -0.137. The molecule has 0 saturated heterocycles. The molecule has 0 aromatic heterocycles. The topological polar surface area (TPSA) is 55.1 Å². The molecule has 6 heteroatoms. The second-order valence-electron chi connectivity index (χ2n) is 4.79. The first kappa shape index (κ1) is 13.9. The summed E-state index contributed by atoms with van der Waals surface area (Å²) in [6.07, 6.45) is -2.33. The summed E-state index contributed by atoms with van der Waals surface area (Å²) in [7, 11) is 0. The molecule has 1 fully saturated rings. The maximum atomic E-state index is 12.5.